The van der Waals surface area contributed by atoms with Crippen LogP contribution in [-0.4, -0.2) is 22.9 Å². The van der Waals surface area contributed by atoms with E-state index >= 15 is 0 Å². The lowest BCUT2D eigenvalue weighted by atomic mass is 9.79. The van der Waals surface area contributed by atoms with Gasteiger partial charge in [0.15, 0.2) is 0 Å². The van der Waals surface area contributed by atoms with Gasteiger partial charge in [0, 0.05) is 12.0 Å². The van der Waals surface area contributed by atoms with Gasteiger partial charge in [0.2, 0.25) is 0 Å². The maximum atomic E-state index is 9.61. The van der Waals surface area contributed by atoms with Crippen LogP contribution in [0.15, 0.2) is 24.3 Å². The lowest BCUT2D eigenvalue weighted by Crippen LogP contribution is -2.32. The van der Waals surface area contributed by atoms with Crippen LogP contribution in [0.5, 0.6) is 5.75 Å². The molecular weight excluding hydrogens is 190 g/mol. The molecule has 1 aromatic carbocycles. The van der Waals surface area contributed by atoms with E-state index in [1.807, 2.05) is 12.1 Å². The molecule has 3 nitrogen and oxygen atoms in total. The van der Waals surface area contributed by atoms with Crippen molar-refractivity contribution in [1.82, 2.24) is 0 Å². The molecule has 0 aliphatic heterocycles. The Morgan fingerprint density at radius 1 is 1.33 bits per heavy atom. The lowest BCUT2D eigenvalue weighted by Gasteiger charge is -2.27. The van der Waals surface area contributed by atoms with Crippen LogP contribution in [0.2, 0.25) is 0 Å². The summed E-state index contributed by atoms with van der Waals surface area (Å²) in [6, 6.07) is 7.16. The van der Waals surface area contributed by atoms with Gasteiger partial charge in [-0.05, 0) is 37.0 Å². The number of hydrogen-bond donors (Lipinski definition) is 3. The molecule has 1 fully saturated rings. The maximum Gasteiger partial charge on any atom is 0.115 e. The van der Waals surface area contributed by atoms with Crippen molar-refractivity contribution in [2.45, 2.75) is 30.8 Å². The third kappa shape index (κ3) is 1.85. The van der Waals surface area contributed by atoms with Crippen LogP contribution in [0, 0.1) is 0 Å². The summed E-state index contributed by atoms with van der Waals surface area (Å²) in [4.78, 5) is 0. The molecule has 2 atom stereocenters. The van der Waals surface area contributed by atoms with E-state index in [4.69, 9.17) is 5.73 Å². The first-order valence-corrected chi connectivity index (χ1v) is 5.34. The maximum absolute atomic E-state index is 9.61. The summed E-state index contributed by atoms with van der Waals surface area (Å²) >= 11 is 0. The van der Waals surface area contributed by atoms with Crippen LogP contribution in [-0.2, 0) is 5.41 Å². The van der Waals surface area contributed by atoms with E-state index in [1.165, 1.54) is 0 Å². The van der Waals surface area contributed by atoms with Gasteiger partial charge in [-0.2, -0.15) is 0 Å². The molecule has 1 aliphatic carbocycles. The van der Waals surface area contributed by atoms with E-state index in [0.29, 0.717) is 6.54 Å². The second-order valence-corrected chi connectivity index (χ2v) is 4.43. The van der Waals surface area contributed by atoms with Gasteiger partial charge in [-0.3, -0.25) is 0 Å². The minimum Gasteiger partial charge on any atom is -0.508 e. The van der Waals surface area contributed by atoms with Crippen LogP contribution < -0.4 is 5.73 Å². The minimum absolute atomic E-state index is 0.0902. The number of nitrogens with two attached hydrogens (primary N) is 1. The Kier molecular flexibility index (Phi) is 2.67. The second kappa shape index (κ2) is 3.83. The zero-order chi connectivity index (χ0) is 10.9. The molecule has 1 aromatic rings. The Morgan fingerprint density at radius 2 is 2.00 bits per heavy atom. The van der Waals surface area contributed by atoms with Crippen LogP contribution in [0.3, 0.4) is 0 Å². The molecule has 0 saturated heterocycles. The summed E-state index contributed by atoms with van der Waals surface area (Å²) in [5.41, 5.74) is 6.86. The number of hydrogen-bond acceptors (Lipinski definition) is 3. The quantitative estimate of drug-likeness (QED) is 0.681. The Labute approximate surface area is 89.5 Å². The summed E-state index contributed by atoms with van der Waals surface area (Å²) in [5, 5.41) is 18.8. The number of phenols is 1. The van der Waals surface area contributed by atoms with Gasteiger partial charge in [-0.25, -0.2) is 0 Å². The van der Waals surface area contributed by atoms with Gasteiger partial charge in [0.25, 0.3) is 0 Å². The fourth-order valence-electron chi connectivity index (χ4n) is 2.48. The van der Waals surface area contributed by atoms with Gasteiger partial charge < -0.3 is 15.9 Å². The van der Waals surface area contributed by atoms with Crippen molar-refractivity contribution in [2.24, 2.45) is 5.73 Å². The van der Waals surface area contributed by atoms with Crippen LogP contribution >= 0.6 is 0 Å². The molecule has 0 aromatic heterocycles. The molecule has 3 heteroatoms. The number of rotatable bonds is 2. The molecule has 15 heavy (non-hydrogen) atoms. The van der Waals surface area contributed by atoms with Crippen molar-refractivity contribution in [3.63, 3.8) is 0 Å². The Balaban J connectivity index is 2.30. The molecule has 0 heterocycles. The fraction of sp³-hybridized carbons (Fsp3) is 0.500. The fourth-order valence-corrected chi connectivity index (χ4v) is 2.48. The highest BCUT2D eigenvalue weighted by Crippen LogP contribution is 2.40. The smallest absolute Gasteiger partial charge is 0.115 e. The Morgan fingerprint density at radius 3 is 2.47 bits per heavy atom. The number of aromatic hydroxyl groups is 1. The average Bonchev–Trinajstić information content (AvgIpc) is 2.62. The summed E-state index contributed by atoms with van der Waals surface area (Å²) in [5.74, 6) is 0.268. The topological polar surface area (TPSA) is 66.5 Å². The van der Waals surface area contributed by atoms with E-state index < -0.39 is 0 Å². The van der Waals surface area contributed by atoms with Gasteiger partial charge >= 0.3 is 0 Å². The molecule has 0 amide bonds. The van der Waals surface area contributed by atoms with Crippen molar-refractivity contribution in [1.29, 1.82) is 0 Å². The van der Waals surface area contributed by atoms with E-state index in [0.717, 1.165) is 24.8 Å². The number of benzene rings is 1. The van der Waals surface area contributed by atoms with E-state index in [9.17, 15) is 10.2 Å². The van der Waals surface area contributed by atoms with Crippen LogP contribution in [0.4, 0.5) is 0 Å². The third-order valence-electron chi connectivity index (χ3n) is 3.45. The van der Waals surface area contributed by atoms with Gasteiger partial charge in [-0.15, -0.1) is 0 Å². The molecule has 1 saturated carbocycles. The molecule has 2 rings (SSSR count). The highest BCUT2D eigenvalue weighted by atomic mass is 16.3. The minimum atomic E-state index is -0.234. The number of phenolic OH excluding ortho intramolecular Hbond substituents is 1. The summed E-state index contributed by atoms with van der Waals surface area (Å²) in [6.45, 7) is 0.550. The highest BCUT2D eigenvalue weighted by Gasteiger charge is 2.38. The largest absolute Gasteiger partial charge is 0.508 e. The monoisotopic (exact) mass is 207 g/mol. The number of aliphatic hydroxyl groups is 1. The molecule has 1 aliphatic rings. The Hall–Kier alpha value is -1.06. The van der Waals surface area contributed by atoms with Gasteiger partial charge in [-0.1, -0.05) is 12.1 Å². The molecule has 2 unspecified atom stereocenters. The first kappa shape index (κ1) is 10.5. The molecular formula is C12H17NO2. The van der Waals surface area contributed by atoms with Crippen molar-refractivity contribution < 1.29 is 10.2 Å². The molecule has 0 radical (unpaired) electrons. The van der Waals surface area contributed by atoms with Crippen LogP contribution in [0.25, 0.3) is 0 Å². The van der Waals surface area contributed by atoms with Crippen molar-refractivity contribution >= 4 is 0 Å². The van der Waals surface area contributed by atoms with E-state index in [2.05, 4.69) is 0 Å². The predicted octanol–water partition coefficient (Wildman–Crippen LogP) is 1.13. The average molecular weight is 207 g/mol. The van der Waals surface area contributed by atoms with Crippen LogP contribution in [0.1, 0.15) is 24.8 Å². The van der Waals surface area contributed by atoms with Crippen molar-refractivity contribution in [3.8, 4) is 5.75 Å². The molecule has 82 valence electrons. The van der Waals surface area contributed by atoms with Gasteiger partial charge in [0.05, 0.1) is 6.10 Å². The van der Waals surface area contributed by atoms with Crippen molar-refractivity contribution in [3.05, 3.63) is 29.8 Å². The summed E-state index contributed by atoms with van der Waals surface area (Å²) < 4.78 is 0. The zero-order valence-electron chi connectivity index (χ0n) is 8.69. The summed E-state index contributed by atoms with van der Waals surface area (Å²) in [6.07, 6.45) is 2.24. The summed E-state index contributed by atoms with van der Waals surface area (Å²) in [7, 11) is 0. The zero-order valence-corrected chi connectivity index (χ0v) is 8.69. The molecule has 0 bridgehead atoms. The van der Waals surface area contributed by atoms with E-state index in [-0.39, 0.29) is 17.3 Å². The lowest BCUT2D eigenvalue weighted by molar-refractivity contribution is 0.174. The third-order valence-corrected chi connectivity index (χ3v) is 3.45. The van der Waals surface area contributed by atoms with Gasteiger partial charge in [0.1, 0.15) is 5.75 Å². The number of aliphatic hydroxyl groups excluding tert-OH is 1. The predicted molar refractivity (Wildman–Crippen MR) is 58.7 cm³/mol. The standard InChI is InChI=1S/C12H17NO2/c13-8-12(6-5-11(15)7-12)9-1-3-10(14)4-2-9/h1-4,11,14-15H,5-8,13H2. The first-order chi connectivity index (χ1) is 7.16. The molecule has 4 N–H and O–H groups in total. The Bertz CT molecular complexity index is 336. The van der Waals surface area contributed by atoms with Crippen molar-refractivity contribution in [2.75, 3.05) is 6.54 Å². The second-order valence-electron chi connectivity index (χ2n) is 4.43. The highest BCUT2D eigenvalue weighted by molar-refractivity contribution is 5.33. The normalized spacial score (nSPS) is 30.7. The molecule has 0 spiro atoms. The van der Waals surface area contributed by atoms with E-state index in [1.54, 1.807) is 12.1 Å². The first-order valence-electron chi connectivity index (χ1n) is 5.34. The SMILES string of the molecule is NCC1(c2ccc(O)cc2)CCC(O)C1.